The number of non-ortho nitro benzene ring substituents is 1. The van der Waals surface area contributed by atoms with E-state index in [0.717, 1.165) is 19.3 Å². The molecule has 130 valence electrons. The molecule has 1 aliphatic carbocycles. The quantitative estimate of drug-likeness (QED) is 0.454. The molecule has 6 heteroatoms. The van der Waals surface area contributed by atoms with Crippen molar-refractivity contribution in [3.05, 3.63) is 63.2 Å². The van der Waals surface area contributed by atoms with Gasteiger partial charge in [0.25, 0.3) is 5.69 Å². The minimum atomic E-state index is -0.509. The number of fused-ring (bicyclic) bond motifs is 1. The number of ketones is 1. The Morgan fingerprint density at radius 2 is 1.84 bits per heavy atom. The first-order valence-electron chi connectivity index (χ1n) is 8.18. The van der Waals surface area contributed by atoms with Crippen molar-refractivity contribution in [2.45, 2.75) is 25.7 Å². The van der Waals surface area contributed by atoms with E-state index >= 15 is 0 Å². The molecule has 0 saturated carbocycles. The van der Waals surface area contributed by atoms with E-state index in [1.165, 1.54) is 42.9 Å². The van der Waals surface area contributed by atoms with Gasteiger partial charge in [-0.25, -0.2) is 0 Å². The average Bonchev–Trinajstić information content (AvgIpc) is 2.65. The molecule has 0 unspecified atom stereocenters. The number of hydrogen-bond acceptors (Lipinski definition) is 5. The Kier molecular flexibility index (Phi) is 4.97. The number of ether oxygens (including phenoxy) is 2. The van der Waals surface area contributed by atoms with Crippen LogP contribution < -0.4 is 9.47 Å². The lowest BCUT2D eigenvalue weighted by atomic mass is 9.90. The highest BCUT2D eigenvalue weighted by atomic mass is 16.6. The van der Waals surface area contributed by atoms with Gasteiger partial charge in [-0.15, -0.1) is 0 Å². The number of nitrogens with zero attached hydrogens (tertiary/aromatic N) is 1. The number of carbonyl (C=O) groups excluding carboxylic acids is 1. The zero-order chi connectivity index (χ0) is 17.8. The predicted octanol–water partition coefficient (Wildman–Crippen LogP) is 3.74. The van der Waals surface area contributed by atoms with Crippen LogP contribution in [0.15, 0.2) is 36.4 Å². The van der Waals surface area contributed by atoms with Gasteiger partial charge in [-0.05, 0) is 48.9 Å². The van der Waals surface area contributed by atoms with Gasteiger partial charge in [-0.2, -0.15) is 0 Å². The molecule has 6 nitrogen and oxygen atoms in total. The van der Waals surface area contributed by atoms with Crippen molar-refractivity contribution in [3.63, 3.8) is 0 Å². The molecule has 0 heterocycles. The molecule has 1 aliphatic rings. The summed E-state index contributed by atoms with van der Waals surface area (Å²) >= 11 is 0. The highest BCUT2D eigenvalue weighted by Crippen LogP contribution is 2.31. The summed E-state index contributed by atoms with van der Waals surface area (Å²) in [6.45, 7) is -0.146. The summed E-state index contributed by atoms with van der Waals surface area (Å²) in [5, 5.41) is 10.8. The number of hydrogen-bond donors (Lipinski definition) is 0. The topological polar surface area (TPSA) is 78.7 Å². The maximum absolute atomic E-state index is 12.4. The summed E-state index contributed by atoms with van der Waals surface area (Å²) in [7, 11) is 1.40. The fraction of sp³-hybridized carbons (Fsp3) is 0.316. The molecular formula is C19H19NO5. The van der Waals surface area contributed by atoms with Gasteiger partial charge in [-0.1, -0.05) is 12.1 Å². The summed E-state index contributed by atoms with van der Waals surface area (Å²) in [6, 6.07) is 9.85. The van der Waals surface area contributed by atoms with E-state index in [-0.39, 0.29) is 23.8 Å². The highest BCUT2D eigenvalue weighted by Gasteiger charge is 2.16. The molecule has 0 radical (unpaired) electrons. The number of benzene rings is 2. The van der Waals surface area contributed by atoms with Crippen LogP contribution >= 0.6 is 0 Å². The Labute approximate surface area is 145 Å². The number of aryl methyl sites for hydroxylation is 2. The standard InChI is InChI=1S/C19H19NO5/c1-24-19-11-16(20(22)23)8-9-18(19)25-12-17(21)15-7-6-13-4-2-3-5-14(13)10-15/h6-11H,2-5,12H2,1H3. The summed E-state index contributed by atoms with van der Waals surface area (Å²) in [6.07, 6.45) is 4.43. The minimum Gasteiger partial charge on any atom is -0.493 e. The lowest BCUT2D eigenvalue weighted by molar-refractivity contribution is -0.384. The Hall–Kier alpha value is -2.89. The second-order valence-electron chi connectivity index (χ2n) is 5.99. The van der Waals surface area contributed by atoms with Gasteiger partial charge < -0.3 is 9.47 Å². The molecule has 0 atom stereocenters. The number of methoxy groups -OCH3 is 1. The van der Waals surface area contributed by atoms with Crippen LogP contribution in [-0.4, -0.2) is 24.4 Å². The van der Waals surface area contributed by atoms with E-state index < -0.39 is 4.92 Å². The first-order valence-corrected chi connectivity index (χ1v) is 8.18. The third kappa shape index (κ3) is 3.79. The second-order valence-corrected chi connectivity index (χ2v) is 5.99. The maximum atomic E-state index is 12.4. The van der Waals surface area contributed by atoms with Crippen LogP contribution in [-0.2, 0) is 12.8 Å². The van der Waals surface area contributed by atoms with Gasteiger partial charge >= 0.3 is 0 Å². The molecule has 0 saturated heterocycles. The summed E-state index contributed by atoms with van der Waals surface area (Å²) < 4.78 is 10.6. The second kappa shape index (κ2) is 7.34. The highest BCUT2D eigenvalue weighted by molar-refractivity contribution is 5.97. The molecule has 0 aromatic heterocycles. The number of nitro groups is 1. The predicted molar refractivity (Wildman–Crippen MR) is 92.6 cm³/mol. The maximum Gasteiger partial charge on any atom is 0.273 e. The van der Waals surface area contributed by atoms with Crippen molar-refractivity contribution >= 4 is 11.5 Å². The van der Waals surface area contributed by atoms with Crippen molar-refractivity contribution in [2.75, 3.05) is 13.7 Å². The van der Waals surface area contributed by atoms with Crippen LogP contribution in [0.4, 0.5) is 5.69 Å². The van der Waals surface area contributed by atoms with E-state index in [1.807, 2.05) is 18.2 Å². The van der Waals surface area contributed by atoms with Gasteiger partial charge in [0.2, 0.25) is 0 Å². The van der Waals surface area contributed by atoms with Gasteiger partial charge in [-0.3, -0.25) is 14.9 Å². The van der Waals surface area contributed by atoms with Crippen LogP contribution in [0, 0.1) is 10.1 Å². The van der Waals surface area contributed by atoms with Crippen molar-refractivity contribution in [1.82, 2.24) is 0 Å². The van der Waals surface area contributed by atoms with Crippen molar-refractivity contribution < 1.29 is 19.2 Å². The first-order chi connectivity index (χ1) is 12.1. The lowest BCUT2D eigenvalue weighted by Crippen LogP contribution is -2.13. The van der Waals surface area contributed by atoms with E-state index in [0.29, 0.717) is 11.3 Å². The molecular weight excluding hydrogens is 322 g/mol. The molecule has 2 aromatic carbocycles. The van der Waals surface area contributed by atoms with E-state index in [2.05, 4.69) is 0 Å². The normalized spacial score (nSPS) is 13.0. The molecule has 0 bridgehead atoms. The van der Waals surface area contributed by atoms with Crippen LogP contribution in [0.5, 0.6) is 11.5 Å². The molecule has 0 amide bonds. The molecule has 2 aromatic rings. The third-order valence-corrected chi connectivity index (χ3v) is 4.39. The van der Waals surface area contributed by atoms with Crippen LogP contribution in [0.2, 0.25) is 0 Å². The summed E-state index contributed by atoms with van der Waals surface area (Å²) in [5.74, 6) is 0.403. The van der Waals surface area contributed by atoms with Gasteiger partial charge in [0.1, 0.15) is 0 Å². The van der Waals surface area contributed by atoms with Gasteiger partial charge in [0, 0.05) is 11.6 Å². The number of nitro benzene ring substituents is 1. The lowest BCUT2D eigenvalue weighted by Gasteiger charge is -2.16. The number of carbonyl (C=O) groups is 1. The van der Waals surface area contributed by atoms with Crippen LogP contribution in [0.25, 0.3) is 0 Å². The Morgan fingerprint density at radius 1 is 1.08 bits per heavy atom. The molecule has 0 spiro atoms. The van der Waals surface area contributed by atoms with Crippen molar-refractivity contribution in [1.29, 1.82) is 0 Å². The van der Waals surface area contributed by atoms with Gasteiger partial charge in [0.05, 0.1) is 18.1 Å². The third-order valence-electron chi connectivity index (χ3n) is 4.39. The van der Waals surface area contributed by atoms with E-state index in [1.54, 1.807) is 0 Å². The van der Waals surface area contributed by atoms with Crippen molar-refractivity contribution in [2.24, 2.45) is 0 Å². The van der Waals surface area contributed by atoms with E-state index in [9.17, 15) is 14.9 Å². The van der Waals surface area contributed by atoms with Gasteiger partial charge in [0.15, 0.2) is 23.9 Å². The molecule has 0 fully saturated rings. The minimum absolute atomic E-state index is 0.0924. The molecule has 0 aliphatic heterocycles. The Balaban J connectivity index is 1.71. The zero-order valence-corrected chi connectivity index (χ0v) is 14.0. The molecule has 0 N–H and O–H groups in total. The SMILES string of the molecule is COc1cc([N+](=O)[O-])ccc1OCC(=O)c1ccc2c(c1)CCCC2. The Bertz CT molecular complexity index is 815. The van der Waals surface area contributed by atoms with Crippen LogP contribution in [0.1, 0.15) is 34.3 Å². The van der Waals surface area contributed by atoms with Crippen LogP contribution in [0.3, 0.4) is 0 Å². The smallest absolute Gasteiger partial charge is 0.273 e. The van der Waals surface area contributed by atoms with Crippen molar-refractivity contribution in [3.8, 4) is 11.5 Å². The summed E-state index contributed by atoms with van der Waals surface area (Å²) in [5.41, 5.74) is 3.09. The number of Topliss-reactive ketones (excluding diaryl/α,β-unsaturated/α-hetero) is 1. The molecule has 25 heavy (non-hydrogen) atoms. The fourth-order valence-electron chi connectivity index (χ4n) is 3.02. The fourth-order valence-corrected chi connectivity index (χ4v) is 3.02. The largest absolute Gasteiger partial charge is 0.493 e. The Morgan fingerprint density at radius 3 is 2.56 bits per heavy atom. The number of rotatable bonds is 6. The summed E-state index contributed by atoms with van der Waals surface area (Å²) in [4.78, 5) is 22.7. The first kappa shape index (κ1) is 17.0. The zero-order valence-electron chi connectivity index (χ0n) is 14.0. The molecule has 3 rings (SSSR count). The van der Waals surface area contributed by atoms with E-state index in [4.69, 9.17) is 9.47 Å². The monoisotopic (exact) mass is 341 g/mol. The average molecular weight is 341 g/mol.